The second-order valence-corrected chi connectivity index (χ2v) is 5.17. The van der Waals surface area contributed by atoms with E-state index in [0.29, 0.717) is 5.75 Å². The van der Waals surface area contributed by atoms with Gasteiger partial charge < -0.3 is 15.0 Å². The molecular weight excluding hydrogens is 264 g/mol. The lowest BCUT2D eigenvalue weighted by Crippen LogP contribution is -2.38. The molecule has 6 heteroatoms. The number of rotatable bonds is 4. The molecule has 1 saturated heterocycles. The highest BCUT2D eigenvalue weighted by atomic mass is 32.2. The van der Waals surface area contributed by atoms with Gasteiger partial charge in [0.05, 0.1) is 12.9 Å². The van der Waals surface area contributed by atoms with Crippen LogP contribution in [-0.2, 0) is 9.59 Å². The fraction of sp³-hybridized carbons (Fsp3) is 0.385. The molecule has 102 valence electrons. The second kappa shape index (κ2) is 5.97. The predicted octanol–water partition coefficient (Wildman–Crippen LogP) is 1.02. The predicted molar refractivity (Wildman–Crippen MR) is 74.0 cm³/mol. The molecule has 0 bridgehead atoms. The van der Waals surface area contributed by atoms with Crippen LogP contribution in [0.3, 0.4) is 0 Å². The van der Waals surface area contributed by atoms with E-state index in [0.717, 1.165) is 11.3 Å². The molecule has 1 N–H and O–H groups in total. The van der Waals surface area contributed by atoms with Gasteiger partial charge in [0.2, 0.25) is 11.8 Å². The van der Waals surface area contributed by atoms with Gasteiger partial charge in [-0.3, -0.25) is 9.59 Å². The molecule has 1 atom stereocenters. The molecule has 0 aromatic heterocycles. The molecule has 1 aliphatic rings. The minimum atomic E-state index is -0.171. The Morgan fingerprint density at radius 2 is 2.26 bits per heavy atom. The lowest BCUT2D eigenvalue weighted by molar-refractivity contribution is -0.133. The van der Waals surface area contributed by atoms with Crippen molar-refractivity contribution in [2.24, 2.45) is 0 Å². The Labute approximate surface area is 116 Å². The third kappa shape index (κ3) is 2.84. The molecule has 2 rings (SSSR count). The molecule has 1 aromatic rings. The Kier molecular flexibility index (Phi) is 4.31. The zero-order valence-corrected chi connectivity index (χ0v) is 11.7. The van der Waals surface area contributed by atoms with Crippen molar-refractivity contribution in [3.05, 3.63) is 29.8 Å². The van der Waals surface area contributed by atoms with E-state index < -0.39 is 0 Å². The molecular formula is C13H16N2O3S. The Morgan fingerprint density at radius 1 is 1.53 bits per heavy atom. The topological polar surface area (TPSA) is 58.6 Å². The summed E-state index contributed by atoms with van der Waals surface area (Å²) in [6, 6.07) is 7.56. The van der Waals surface area contributed by atoms with E-state index >= 15 is 0 Å². The van der Waals surface area contributed by atoms with Gasteiger partial charge >= 0.3 is 0 Å². The minimum Gasteiger partial charge on any atom is -0.496 e. The smallest absolute Gasteiger partial charge is 0.239 e. The fourth-order valence-corrected chi connectivity index (χ4v) is 3.20. The van der Waals surface area contributed by atoms with Crippen LogP contribution in [0.4, 0.5) is 0 Å². The van der Waals surface area contributed by atoms with E-state index in [1.807, 2.05) is 24.3 Å². The lowest BCUT2D eigenvalue weighted by atomic mass is 10.2. The van der Waals surface area contributed by atoms with Crippen LogP contribution in [0, 0.1) is 0 Å². The van der Waals surface area contributed by atoms with Crippen molar-refractivity contribution in [2.75, 3.05) is 26.5 Å². The summed E-state index contributed by atoms with van der Waals surface area (Å²) in [5.74, 6) is 0.927. The van der Waals surface area contributed by atoms with Crippen LogP contribution >= 0.6 is 11.8 Å². The standard InChI is InChI=1S/C13H16N2O3S/c1-14-11(16)7-15-12(17)8-19-13(15)9-5-3-4-6-10(9)18-2/h3-6,13H,7-8H2,1-2H3,(H,14,16)/t13-/m1/s1. The lowest BCUT2D eigenvalue weighted by Gasteiger charge is -2.24. The number of likely N-dealkylation sites (N-methyl/N-ethyl adjacent to an activating group) is 1. The number of amides is 2. The fourth-order valence-electron chi connectivity index (χ4n) is 1.99. The average molecular weight is 280 g/mol. The van der Waals surface area contributed by atoms with E-state index in [2.05, 4.69) is 5.32 Å². The molecule has 19 heavy (non-hydrogen) atoms. The van der Waals surface area contributed by atoms with Gasteiger partial charge in [0.15, 0.2) is 0 Å². The molecule has 2 amide bonds. The number of carbonyl (C=O) groups is 2. The highest BCUT2D eigenvalue weighted by Gasteiger charge is 2.35. The molecule has 1 fully saturated rings. The number of methoxy groups -OCH3 is 1. The first-order valence-corrected chi connectivity index (χ1v) is 6.96. The number of hydrogen-bond donors (Lipinski definition) is 1. The van der Waals surface area contributed by atoms with Gasteiger partial charge in [0.25, 0.3) is 0 Å². The zero-order chi connectivity index (χ0) is 13.8. The number of nitrogens with one attached hydrogen (secondary N) is 1. The monoisotopic (exact) mass is 280 g/mol. The van der Waals surface area contributed by atoms with Crippen molar-refractivity contribution in [1.82, 2.24) is 10.2 Å². The van der Waals surface area contributed by atoms with Gasteiger partial charge in [0, 0.05) is 12.6 Å². The number of ether oxygens (including phenoxy) is 1. The van der Waals surface area contributed by atoms with Gasteiger partial charge in [-0.05, 0) is 6.07 Å². The van der Waals surface area contributed by atoms with Crippen LogP contribution in [0.2, 0.25) is 0 Å². The van der Waals surface area contributed by atoms with Crippen molar-refractivity contribution in [2.45, 2.75) is 5.37 Å². The molecule has 0 radical (unpaired) electrons. The number of thioether (sulfide) groups is 1. The number of hydrogen-bond acceptors (Lipinski definition) is 4. The SMILES string of the molecule is CNC(=O)CN1C(=O)CS[C@@H]1c1ccccc1OC. The molecule has 0 spiro atoms. The van der Waals surface area contributed by atoms with Crippen LogP contribution in [0.25, 0.3) is 0 Å². The van der Waals surface area contributed by atoms with E-state index in [4.69, 9.17) is 4.74 Å². The Hall–Kier alpha value is -1.69. The maximum Gasteiger partial charge on any atom is 0.239 e. The normalized spacial score (nSPS) is 18.5. The minimum absolute atomic E-state index is 0.0236. The van der Waals surface area contributed by atoms with Gasteiger partial charge in [-0.2, -0.15) is 0 Å². The molecule has 0 aliphatic carbocycles. The van der Waals surface area contributed by atoms with Crippen LogP contribution < -0.4 is 10.1 Å². The molecule has 0 saturated carbocycles. The van der Waals surface area contributed by atoms with E-state index in [1.54, 1.807) is 19.1 Å². The maximum absolute atomic E-state index is 11.9. The largest absolute Gasteiger partial charge is 0.496 e. The summed E-state index contributed by atoms with van der Waals surface area (Å²) >= 11 is 1.51. The molecule has 0 unspecified atom stereocenters. The third-order valence-electron chi connectivity index (χ3n) is 2.97. The van der Waals surface area contributed by atoms with Gasteiger partial charge in [-0.15, -0.1) is 11.8 Å². The summed E-state index contributed by atoms with van der Waals surface area (Å²) < 4.78 is 5.32. The number of para-hydroxylation sites is 1. The van der Waals surface area contributed by atoms with E-state index in [9.17, 15) is 9.59 Å². The van der Waals surface area contributed by atoms with Gasteiger partial charge in [0.1, 0.15) is 17.7 Å². The second-order valence-electron chi connectivity index (χ2n) is 4.10. The maximum atomic E-state index is 11.9. The number of carbonyl (C=O) groups excluding carboxylic acids is 2. The van der Waals surface area contributed by atoms with Crippen molar-refractivity contribution >= 4 is 23.6 Å². The molecule has 5 nitrogen and oxygen atoms in total. The first-order valence-electron chi connectivity index (χ1n) is 5.92. The number of nitrogens with zero attached hydrogens (tertiary/aromatic N) is 1. The van der Waals surface area contributed by atoms with Gasteiger partial charge in [-0.1, -0.05) is 18.2 Å². The van der Waals surface area contributed by atoms with Crippen LogP contribution in [0.1, 0.15) is 10.9 Å². The summed E-state index contributed by atoms with van der Waals surface area (Å²) in [6.45, 7) is 0.0745. The highest BCUT2D eigenvalue weighted by molar-refractivity contribution is 8.00. The summed E-state index contributed by atoms with van der Waals surface area (Å²) in [5, 5.41) is 2.37. The summed E-state index contributed by atoms with van der Waals surface area (Å²) in [4.78, 5) is 25.0. The first kappa shape index (κ1) is 13.7. The molecule has 1 aliphatic heterocycles. The third-order valence-corrected chi connectivity index (χ3v) is 4.20. The van der Waals surface area contributed by atoms with Crippen LogP contribution in [0.15, 0.2) is 24.3 Å². The van der Waals surface area contributed by atoms with Crippen molar-refractivity contribution in [3.63, 3.8) is 0 Å². The van der Waals surface area contributed by atoms with Crippen molar-refractivity contribution in [1.29, 1.82) is 0 Å². The van der Waals surface area contributed by atoms with Crippen LogP contribution in [0.5, 0.6) is 5.75 Å². The van der Waals surface area contributed by atoms with Crippen molar-refractivity contribution < 1.29 is 14.3 Å². The van der Waals surface area contributed by atoms with E-state index in [-0.39, 0.29) is 23.7 Å². The quantitative estimate of drug-likeness (QED) is 0.894. The summed E-state index contributed by atoms with van der Waals surface area (Å²) in [5.41, 5.74) is 0.921. The Morgan fingerprint density at radius 3 is 2.95 bits per heavy atom. The summed E-state index contributed by atoms with van der Waals surface area (Å²) in [7, 11) is 3.16. The first-order chi connectivity index (χ1) is 9.17. The zero-order valence-electron chi connectivity index (χ0n) is 10.9. The van der Waals surface area contributed by atoms with E-state index in [1.165, 1.54) is 11.8 Å². The number of benzene rings is 1. The Balaban J connectivity index is 2.27. The molecule has 1 aromatic carbocycles. The molecule has 1 heterocycles. The Bertz CT molecular complexity index is 493. The average Bonchev–Trinajstić information content (AvgIpc) is 2.80. The highest BCUT2D eigenvalue weighted by Crippen LogP contribution is 2.41. The van der Waals surface area contributed by atoms with Gasteiger partial charge in [-0.25, -0.2) is 0 Å². The van der Waals surface area contributed by atoms with Crippen LogP contribution in [-0.4, -0.2) is 43.2 Å². The van der Waals surface area contributed by atoms with Crippen molar-refractivity contribution in [3.8, 4) is 5.75 Å². The summed E-state index contributed by atoms with van der Waals surface area (Å²) in [6.07, 6.45) is 0.